The fourth-order valence-electron chi connectivity index (χ4n) is 2.79. The van der Waals surface area contributed by atoms with E-state index in [0.29, 0.717) is 20.9 Å². The van der Waals surface area contributed by atoms with Crippen LogP contribution in [0.3, 0.4) is 0 Å². The average Bonchev–Trinajstić information content (AvgIpc) is 3.14. The Balaban J connectivity index is 1.73. The number of carbonyl (C=O) groups is 2. The van der Waals surface area contributed by atoms with Crippen molar-refractivity contribution in [3.63, 3.8) is 0 Å². The molecular formula is C18H20BrN3O4S. The predicted octanol–water partition coefficient (Wildman–Crippen LogP) is 2.82. The van der Waals surface area contributed by atoms with Gasteiger partial charge in [-0.25, -0.2) is 9.78 Å². The average molecular weight is 454 g/mol. The molecule has 0 aliphatic carbocycles. The molecule has 3 rings (SSSR count). The maximum Gasteiger partial charge on any atom is 0.339 e. The highest BCUT2D eigenvalue weighted by Gasteiger charge is 2.18. The SMILES string of the molecule is COC(=O)c1cc(CCN2CCOCC2)ccc1NC(=O)c1csc(Br)n1. The molecule has 1 amide bonds. The molecule has 2 heterocycles. The summed E-state index contributed by atoms with van der Waals surface area (Å²) in [6.45, 7) is 4.24. The van der Waals surface area contributed by atoms with Crippen LogP contribution < -0.4 is 5.32 Å². The number of carbonyl (C=O) groups excluding carboxylic acids is 2. The predicted molar refractivity (Wildman–Crippen MR) is 107 cm³/mol. The van der Waals surface area contributed by atoms with Gasteiger partial charge in [0.05, 0.1) is 31.6 Å². The van der Waals surface area contributed by atoms with E-state index in [1.165, 1.54) is 18.4 Å². The van der Waals surface area contributed by atoms with Crippen LogP contribution in [0.25, 0.3) is 0 Å². The molecule has 1 N–H and O–H groups in total. The van der Waals surface area contributed by atoms with Crippen molar-refractivity contribution < 1.29 is 19.1 Å². The molecule has 1 aromatic heterocycles. The minimum atomic E-state index is -0.488. The van der Waals surface area contributed by atoms with Gasteiger partial charge in [-0.05, 0) is 40.0 Å². The summed E-state index contributed by atoms with van der Waals surface area (Å²) in [6.07, 6.45) is 0.803. The number of aromatic nitrogens is 1. The highest BCUT2D eigenvalue weighted by Crippen LogP contribution is 2.22. The van der Waals surface area contributed by atoms with Crippen molar-refractivity contribution in [2.24, 2.45) is 0 Å². The number of morpholine rings is 1. The number of thiazole rings is 1. The lowest BCUT2D eigenvalue weighted by Gasteiger charge is -2.26. The summed E-state index contributed by atoms with van der Waals surface area (Å²) in [5.41, 5.74) is 2.04. The molecule has 0 saturated carbocycles. The van der Waals surface area contributed by atoms with Gasteiger partial charge in [0.1, 0.15) is 5.69 Å². The van der Waals surface area contributed by atoms with Gasteiger partial charge in [0, 0.05) is 25.0 Å². The number of nitrogens with zero attached hydrogens (tertiary/aromatic N) is 2. The van der Waals surface area contributed by atoms with Gasteiger partial charge in [-0.15, -0.1) is 11.3 Å². The molecule has 1 aliphatic heterocycles. The quantitative estimate of drug-likeness (QED) is 0.677. The number of rotatable bonds is 6. The molecule has 1 saturated heterocycles. The molecule has 1 fully saturated rings. The number of anilines is 1. The molecule has 1 aromatic carbocycles. The molecule has 0 unspecified atom stereocenters. The van der Waals surface area contributed by atoms with E-state index in [4.69, 9.17) is 9.47 Å². The Morgan fingerprint density at radius 1 is 1.37 bits per heavy atom. The third kappa shape index (κ3) is 5.35. The fourth-order valence-corrected chi connectivity index (χ4v) is 3.78. The first kappa shape index (κ1) is 19.9. The molecule has 2 aromatic rings. The summed E-state index contributed by atoms with van der Waals surface area (Å²) in [6, 6.07) is 5.43. The standard InChI is InChI=1S/C18H20BrN3O4S/c1-25-17(24)13-10-12(4-5-22-6-8-26-9-7-22)2-3-14(13)20-16(23)15-11-27-18(19)21-15/h2-3,10-11H,4-9H2,1H3,(H,20,23). The van der Waals surface area contributed by atoms with E-state index in [1.807, 2.05) is 6.07 Å². The number of hydrogen-bond donors (Lipinski definition) is 1. The Morgan fingerprint density at radius 3 is 2.81 bits per heavy atom. The lowest BCUT2D eigenvalue weighted by Crippen LogP contribution is -2.37. The Kier molecular flexibility index (Phi) is 6.95. The number of benzene rings is 1. The Hall–Kier alpha value is -1.81. The number of halogens is 1. The smallest absolute Gasteiger partial charge is 0.339 e. The van der Waals surface area contributed by atoms with Crippen molar-refractivity contribution >= 4 is 44.8 Å². The summed E-state index contributed by atoms with van der Waals surface area (Å²) in [7, 11) is 1.33. The van der Waals surface area contributed by atoms with Gasteiger partial charge >= 0.3 is 5.97 Å². The summed E-state index contributed by atoms with van der Waals surface area (Å²) < 4.78 is 10.9. The molecular weight excluding hydrogens is 434 g/mol. The van der Waals surface area contributed by atoms with Crippen LogP contribution in [-0.4, -0.2) is 61.7 Å². The molecule has 0 bridgehead atoms. The van der Waals surface area contributed by atoms with Gasteiger partial charge in [0.2, 0.25) is 0 Å². The van der Waals surface area contributed by atoms with Gasteiger partial charge in [-0.2, -0.15) is 0 Å². The van der Waals surface area contributed by atoms with Gasteiger partial charge in [0.15, 0.2) is 3.92 Å². The van der Waals surface area contributed by atoms with E-state index in [2.05, 4.69) is 31.1 Å². The molecule has 9 heteroatoms. The zero-order valence-corrected chi connectivity index (χ0v) is 17.3. The molecule has 0 atom stereocenters. The van der Waals surface area contributed by atoms with Gasteiger partial charge in [-0.1, -0.05) is 6.07 Å². The largest absolute Gasteiger partial charge is 0.465 e. The zero-order valence-electron chi connectivity index (χ0n) is 14.9. The molecule has 0 radical (unpaired) electrons. The molecule has 27 heavy (non-hydrogen) atoms. The van der Waals surface area contributed by atoms with E-state index in [-0.39, 0.29) is 5.91 Å². The second kappa shape index (κ2) is 9.41. The van der Waals surface area contributed by atoms with E-state index < -0.39 is 5.97 Å². The summed E-state index contributed by atoms with van der Waals surface area (Å²) in [4.78, 5) is 31.0. The number of nitrogens with one attached hydrogen (secondary N) is 1. The van der Waals surface area contributed by atoms with Crippen molar-refractivity contribution in [2.75, 3.05) is 45.3 Å². The number of hydrogen-bond acceptors (Lipinski definition) is 7. The van der Waals surface area contributed by atoms with E-state index in [0.717, 1.165) is 44.8 Å². The highest BCUT2D eigenvalue weighted by atomic mass is 79.9. The Morgan fingerprint density at radius 2 is 2.15 bits per heavy atom. The van der Waals surface area contributed by atoms with Crippen molar-refractivity contribution in [1.29, 1.82) is 0 Å². The van der Waals surface area contributed by atoms with Gasteiger partial charge in [-0.3, -0.25) is 9.69 Å². The minimum absolute atomic E-state index is 0.291. The minimum Gasteiger partial charge on any atom is -0.465 e. The molecule has 1 aliphatic rings. The Labute approximate surface area is 169 Å². The second-order valence-electron chi connectivity index (χ2n) is 6.02. The van der Waals surface area contributed by atoms with E-state index >= 15 is 0 Å². The number of methoxy groups -OCH3 is 1. The normalized spacial score (nSPS) is 14.7. The first-order valence-corrected chi connectivity index (χ1v) is 10.2. The second-order valence-corrected chi connectivity index (χ2v) is 8.15. The fraction of sp³-hybridized carbons (Fsp3) is 0.389. The maximum absolute atomic E-state index is 12.3. The van der Waals surface area contributed by atoms with Crippen LogP contribution in [0.15, 0.2) is 27.5 Å². The highest BCUT2D eigenvalue weighted by molar-refractivity contribution is 9.11. The lowest BCUT2D eigenvalue weighted by atomic mass is 10.1. The van der Waals surface area contributed by atoms with E-state index in [1.54, 1.807) is 17.5 Å². The topological polar surface area (TPSA) is 80.8 Å². The van der Waals surface area contributed by atoms with Crippen molar-refractivity contribution in [2.45, 2.75) is 6.42 Å². The van der Waals surface area contributed by atoms with Crippen LogP contribution in [0.1, 0.15) is 26.4 Å². The molecule has 0 spiro atoms. The summed E-state index contributed by atoms with van der Waals surface area (Å²) in [5.74, 6) is -0.860. The van der Waals surface area contributed by atoms with Crippen LogP contribution in [0.2, 0.25) is 0 Å². The van der Waals surface area contributed by atoms with Crippen molar-refractivity contribution in [1.82, 2.24) is 9.88 Å². The van der Waals surface area contributed by atoms with Crippen LogP contribution in [0, 0.1) is 0 Å². The number of amides is 1. The third-order valence-electron chi connectivity index (χ3n) is 4.27. The monoisotopic (exact) mass is 453 g/mol. The van der Waals surface area contributed by atoms with Crippen molar-refractivity contribution in [3.8, 4) is 0 Å². The van der Waals surface area contributed by atoms with E-state index in [9.17, 15) is 9.59 Å². The zero-order chi connectivity index (χ0) is 19.2. The first-order chi connectivity index (χ1) is 13.1. The molecule has 7 nitrogen and oxygen atoms in total. The first-order valence-electron chi connectivity index (χ1n) is 8.50. The van der Waals surface area contributed by atoms with Crippen LogP contribution in [0.5, 0.6) is 0 Å². The summed E-state index contributed by atoms with van der Waals surface area (Å²) >= 11 is 4.56. The van der Waals surface area contributed by atoms with Crippen LogP contribution >= 0.6 is 27.3 Å². The van der Waals surface area contributed by atoms with Gasteiger partial charge in [0.25, 0.3) is 5.91 Å². The van der Waals surface area contributed by atoms with Gasteiger partial charge < -0.3 is 14.8 Å². The van der Waals surface area contributed by atoms with Crippen LogP contribution in [0.4, 0.5) is 5.69 Å². The molecule has 144 valence electrons. The summed E-state index contributed by atoms with van der Waals surface area (Å²) in [5, 5.41) is 4.39. The Bertz CT molecular complexity index is 821. The lowest BCUT2D eigenvalue weighted by molar-refractivity contribution is 0.0384. The maximum atomic E-state index is 12.3. The third-order valence-corrected chi connectivity index (χ3v) is 5.63. The van der Waals surface area contributed by atoms with Crippen LogP contribution in [-0.2, 0) is 15.9 Å². The number of esters is 1. The number of ether oxygens (including phenoxy) is 2. The van der Waals surface area contributed by atoms with Crippen molar-refractivity contribution in [3.05, 3.63) is 44.3 Å².